The van der Waals surface area contributed by atoms with E-state index in [-0.39, 0.29) is 5.91 Å². The molecule has 4 aromatic rings. The lowest BCUT2D eigenvalue weighted by Gasteiger charge is -2.17. The third kappa shape index (κ3) is 4.30. The highest BCUT2D eigenvalue weighted by Gasteiger charge is 2.35. The van der Waals surface area contributed by atoms with Gasteiger partial charge in [0.25, 0.3) is 5.91 Å². The van der Waals surface area contributed by atoms with E-state index in [1.54, 1.807) is 7.11 Å². The fourth-order valence-electron chi connectivity index (χ4n) is 3.91. The average Bonchev–Trinajstić information content (AvgIpc) is 3.16. The van der Waals surface area contributed by atoms with Gasteiger partial charge < -0.3 is 9.47 Å². The Kier molecular flexibility index (Phi) is 6.34. The van der Waals surface area contributed by atoms with Crippen LogP contribution in [0.4, 0.5) is 5.69 Å². The molecule has 0 aromatic heterocycles. The largest absolute Gasteiger partial charge is 0.495 e. The summed E-state index contributed by atoms with van der Waals surface area (Å²) in [4.78, 5) is 15.5. The number of hydrogen-bond acceptors (Lipinski definition) is 5. The Morgan fingerprint density at radius 1 is 0.882 bits per heavy atom. The maximum absolute atomic E-state index is 13.5. The molecule has 0 unspecified atom stereocenters. The van der Waals surface area contributed by atoms with Crippen molar-refractivity contribution in [2.45, 2.75) is 6.61 Å². The van der Waals surface area contributed by atoms with Gasteiger partial charge >= 0.3 is 0 Å². The molecule has 1 saturated heterocycles. The van der Waals surface area contributed by atoms with Gasteiger partial charge in [-0.1, -0.05) is 96.8 Å². The second-order valence-corrected chi connectivity index (χ2v) is 9.34. The molecule has 0 bridgehead atoms. The topological polar surface area (TPSA) is 38.8 Å². The molecular formula is C28H21NO3S2. The van der Waals surface area contributed by atoms with Crippen molar-refractivity contribution in [3.8, 4) is 11.5 Å². The van der Waals surface area contributed by atoms with Gasteiger partial charge in [0.15, 0.2) is 4.32 Å². The minimum absolute atomic E-state index is 0.179. The number of rotatable bonds is 6. The number of carbonyl (C=O) groups is 1. The summed E-state index contributed by atoms with van der Waals surface area (Å²) in [6.07, 6.45) is 1.89. The predicted octanol–water partition coefficient (Wildman–Crippen LogP) is 6.83. The van der Waals surface area contributed by atoms with Crippen molar-refractivity contribution in [3.63, 3.8) is 0 Å². The Bertz CT molecular complexity index is 1420. The van der Waals surface area contributed by atoms with Gasteiger partial charge in [0.05, 0.1) is 17.7 Å². The molecule has 1 heterocycles. The van der Waals surface area contributed by atoms with Gasteiger partial charge in [-0.3, -0.25) is 9.69 Å². The highest BCUT2D eigenvalue weighted by Crippen LogP contribution is 2.41. The monoisotopic (exact) mass is 483 g/mol. The summed E-state index contributed by atoms with van der Waals surface area (Å²) in [7, 11) is 1.58. The number of anilines is 1. The number of fused-ring (bicyclic) bond motifs is 1. The molecule has 0 aliphatic carbocycles. The van der Waals surface area contributed by atoms with E-state index in [4.69, 9.17) is 21.7 Å². The van der Waals surface area contributed by atoms with Gasteiger partial charge in [-0.15, -0.1) is 0 Å². The van der Waals surface area contributed by atoms with E-state index in [0.717, 1.165) is 21.9 Å². The Labute approximate surface area is 207 Å². The van der Waals surface area contributed by atoms with Gasteiger partial charge in [-0.05, 0) is 40.6 Å². The molecule has 0 atom stereocenters. The van der Waals surface area contributed by atoms with Crippen molar-refractivity contribution in [3.05, 3.63) is 107 Å². The second-order valence-electron chi connectivity index (χ2n) is 7.66. The Balaban J connectivity index is 1.55. The summed E-state index contributed by atoms with van der Waals surface area (Å²) < 4.78 is 12.1. The number of thiocarbonyl (C=S) groups is 1. The number of benzene rings is 4. The quantitative estimate of drug-likeness (QED) is 0.222. The number of nitrogens with zero attached hydrogens (tertiary/aromatic N) is 1. The van der Waals surface area contributed by atoms with Crippen LogP contribution in [-0.4, -0.2) is 17.3 Å². The maximum atomic E-state index is 13.5. The molecule has 4 nitrogen and oxygen atoms in total. The molecule has 0 radical (unpaired) electrons. The van der Waals surface area contributed by atoms with Crippen LogP contribution in [-0.2, 0) is 11.4 Å². The fourth-order valence-corrected chi connectivity index (χ4v) is 5.17. The molecule has 1 fully saturated rings. The molecule has 1 aliphatic heterocycles. The lowest BCUT2D eigenvalue weighted by atomic mass is 10.0. The SMILES string of the molecule is COc1ccccc1N1C(=O)/C(=C\c2c(OCc3ccccc3)ccc3ccccc23)SC1=S. The Hall–Kier alpha value is -3.61. The first-order valence-corrected chi connectivity index (χ1v) is 12.0. The van der Waals surface area contributed by atoms with E-state index in [1.165, 1.54) is 16.7 Å². The molecule has 1 aliphatic rings. The van der Waals surface area contributed by atoms with Crippen LogP contribution < -0.4 is 14.4 Å². The van der Waals surface area contributed by atoms with E-state index in [9.17, 15) is 4.79 Å². The van der Waals surface area contributed by atoms with E-state index in [0.29, 0.717) is 33.0 Å². The van der Waals surface area contributed by atoms with Crippen LogP contribution in [0.25, 0.3) is 16.8 Å². The van der Waals surface area contributed by atoms with Crippen LogP contribution in [0.2, 0.25) is 0 Å². The first kappa shape index (κ1) is 22.2. The fraction of sp³-hybridized carbons (Fsp3) is 0.0714. The standard InChI is InChI=1S/C28H21NO3S2/c1-31-25-14-8-7-13-23(25)29-27(30)26(34-28(29)33)17-22-21-12-6-5-11-20(21)15-16-24(22)32-18-19-9-3-2-4-10-19/h2-17H,18H2,1H3/b26-17+. The molecule has 0 saturated carbocycles. The first-order valence-electron chi connectivity index (χ1n) is 10.7. The van der Waals surface area contributed by atoms with Gasteiger partial charge in [0, 0.05) is 5.56 Å². The molecule has 0 spiro atoms. The van der Waals surface area contributed by atoms with Crippen LogP contribution in [0, 0.1) is 0 Å². The summed E-state index contributed by atoms with van der Waals surface area (Å²) in [5.41, 5.74) is 2.56. The number of para-hydroxylation sites is 2. The zero-order valence-electron chi connectivity index (χ0n) is 18.4. The zero-order chi connectivity index (χ0) is 23.5. The lowest BCUT2D eigenvalue weighted by molar-refractivity contribution is -0.113. The highest BCUT2D eigenvalue weighted by atomic mass is 32.2. The smallest absolute Gasteiger partial charge is 0.270 e. The van der Waals surface area contributed by atoms with E-state index in [1.807, 2.05) is 97.1 Å². The molecule has 1 amide bonds. The number of thioether (sulfide) groups is 1. The number of amides is 1. The third-order valence-electron chi connectivity index (χ3n) is 5.56. The molecule has 0 N–H and O–H groups in total. The van der Waals surface area contributed by atoms with Crippen molar-refractivity contribution in [1.29, 1.82) is 0 Å². The van der Waals surface area contributed by atoms with Crippen LogP contribution in [0.15, 0.2) is 95.9 Å². The Morgan fingerprint density at radius 2 is 1.62 bits per heavy atom. The van der Waals surface area contributed by atoms with Gasteiger partial charge in [0.1, 0.15) is 18.1 Å². The zero-order valence-corrected chi connectivity index (χ0v) is 20.1. The van der Waals surface area contributed by atoms with Crippen molar-refractivity contribution >= 4 is 56.7 Å². The molecule has 5 rings (SSSR count). The highest BCUT2D eigenvalue weighted by molar-refractivity contribution is 8.27. The van der Waals surface area contributed by atoms with Crippen LogP contribution in [0.5, 0.6) is 11.5 Å². The summed E-state index contributed by atoms with van der Waals surface area (Å²) in [5, 5.41) is 2.08. The minimum Gasteiger partial charge on any atom is -0.495 e. The second kappa shape index (κ2) is 9.71. The summed E-state index contributed by atoms with van der Waals surface area (Å²) in [6, 6.07) is 29.5. The summed E-state index contributed by atoms with van der Waals surface area (Å²) in [6.45, 7) is 0.433. The molecule has 6 heteroatoms. The molecule has 4 aromatic carbocycles. The van der Waals surface area contributed by atoms with Crippen molar-refractivity contribution < 1.29 is 14.3 Å². The lowest BCUT2D eigenvalue weighted by Crippen LogP contribution is -2.27. The molecular weight excluding hydrogens is 462 g/mol. The minimum atomic E-state index is -0.179. The number of carbonyl (C=O) groups excluding carboxylic acids is 1. The van der Waals surface area contributed by atoms with Crippen LogP contribution in [0.1, 0.15) is 11.1 Å². The number of ether oxygens (including phenoxy) is 2. The van der Waals surface area contributed by atoms with Gasteiger partial charge in [-0.25, -0.2) is 0 Å². The number of hydrogen-bond donors (Lipinski definition) is 0. The normalized spacial score (nSPS) is 14.7. The number of methoxy groups -OCH3 is 1. The van der Waals surface area contributed by atoms with E-state index < -0.39 is 0 Å². The summed E-state index contributed by atoms with van der Waals surface area (Å²) in [5.74, 6) is 1.13. The first-order chi connectivity index (χ1) is 16.7. The maximum Gasteiger partial charge on any atom is 0.270 e. The third-order valence-corrected chi connectivity index (χ3v) is 6.87. The molecule has 34 heavy (non-hydrogen) atoms. The Morgan fingerprint density at radius 3 is 2.44 bits per heavy atom. The van der Waals surface area contributed by atoms with E-state index >= 15 is 0 Å². The van der Waals surface area contributed by atoms with E-state index in [2.05, 4.69) is 0 Å². The average molecular weight is 484 g/mol. The van der Waals surface area contributed by atoms with Gasteiger partial charge in [0.2, 0.25) is 0 Å². The van der Waals surface area contributed by atoms with Crippen molar-refractivity contribution in [2.24, 2.45) is 0 Å². The molecule has 168 valence electrons. The van der Waals surface area contributed by atoms with Crippen molar-refractivity contribution in [1.82, 2.24) is 0 Å². The predicted molar refractivity (Wildman–Crippen MR) is 143 cm³/mol. The summed E-state index contributed by atoms with van der Waals surface area (Å²) >= 11 is 6.86. The van der Waals surface area contributed by atoms with Gasteiger partial charge in [-0.2, -0.15) is 0 Å². The van der Waals surface area contributed by atoms with Crippen molar-refractivity contribution in [2.75, 3.05) is 12.0 Å². The van der Waals surface area contributed by atoms with Crippen LogP contribution >= 0.6 is 24.0 Å². The van der Waals surface area contributed by atoms with Crippen LogP contribution in [0.3, 0.4) is 0 Å².